The maximum atomic E-state index is 5.73. The molecule has 2 heterocycles. The van der Waals surface area contributed by atoms with Gasteiger partial charge in [0.2, 0.25) is 0 Å². The molecule has 2 N–H and O–H groups in total. The number of aromatic nitrogens is 3. The summed E-state index contributed by atoms with van der Waals surface area (Å²) < 4.78 is 5.30. The van der Waals surface area contributed by atoms with Gasteiger partial charge < -0.3 is 10.3 Å². The number of para-hydroxylation sites is 1. The number of rotatable bonds is 3. The zero-order chi connectivity index (χ0) is 13.2. The Morgan fingerprint density at radius 1 is 1.26 bits per heavy atom. The van der Waals surface area contributed by atoms with E-state index in [1.165, 1.54) is 0 Å². The van der Waals surface area contributed by atoms with Crippen LogP contribution in [-0.4, -0.2) is 21.2 Å². The van der Waals surface area contributed by atoms with Gasteiger partial charge in [-0.25, -0.2) is 0 Å². The second-order valence-corrected chi connectivity index (χ2v) is 4.58. The maximum absolute atomic E-state index is 5.73. The van der Waals surface area contributed by atoms with Crippen molar-refractivity contribution in [1.82, 2.24) is 15.1 Å². The van der Waals surface area contributed by atoms with E-state index in [-0.39, 0.29) is 6.04 Å². The smallest absolute Gasteiger partial charge is 0.260 e. The Labute approximate surface area is 110 Å². The van der Waals surface area contributed by atoms with E-state index in [4.69, 9.17) is 10.3 Å². The van der Waals surface area contributed by atoms with Crippen molar-refractivity contribution < 1.29 is 4.52 Å². The van der Waals surface area contributed by atoms with Crippen LogP contribution in [0.15, 0.2) is 41.1 Å². The number of hydrogen-bond donors (Lipinski definition) is 1. The number of benzene rings is 1. The molecule has 0 aliphatic heterocycles. The molecule has 0 radical (unpaired) electrons. The summed E-state index contributed by atoms with van der Waals surface area (Å²) in [6.07, 6.45) is 2.35. The van der Waals surface area contributed by atoms with Crippen LogP contribution in [0.25, 0.3) is 22.4 Å². The summed E-state index contributed by atoms with van der Waals surface area (Å²) in [5, 5.41) is 4.99. The van der Waals surface area contributed by atoms with Crippen molar-refractivity contribution >= 4 is 10.9 Å². The second-order valence-electron chi connectivity index (χ2n) is 4.58. The molecule has 3 aromatic rings. The van der Waals surface area contributed by atoms with Crippen molar-refractivity contribution in [1.29, 1.82) is 0 Å². The monoisotopic (exact) mass is 254 g/mol. The first-order valence-electron chi connectivity index (χ1n) is 6.16. The van der Waals surface area contributed by atoms with Gasteiger partial charge in [0.15, 0.2) is 5.82 Å². The maximum Gasteiger partial charge on any atom is 0.260 e. The van der Waals surface area contributed by atoms with Crippen molar-refractivity contribution in [3.8, 4) is 11.5 Å². The fourth-order valence-corrected chi connectivity index (χ4v) is 2.01. The average Bonchev–Trinajstić information content (AvgIpc) is 2.85. The van der Waals surface area contributed by atoms with Crippen molar-refractivity contribution in [2.24, 2.45) is 5.73 Å². The molecule has 5 nitrogen and oxygen atoms in total. The topological polar surface area (TPSA) is 77.8 Å². The van der Waals surface area contributed by atoms with Crippen molar-refractivity contribution in [3.63, 3.8) is 0 Å². The SMILES string of the molecule is CC(N)Cc1noc(-c2cccc3cccnc23)n1. The van der Waals surface area contributed by atoms with E-state index in [2.05, 4.69) is 15.1 Å². The van der Waals surface area contributed by atoms with Gasteiger partial charge in [0.1, 0.15) is 0 Å². The Kier molecular flexibility index (Phi) is 2.97. The molecule has 1 aromatic carbocycles. The lowest BCUT2D eigenvalue weighted by molar-refractivity contribution is 0.420. The molecule has 0 fully saturated rings. The molecule has 0 spiro atoms. The van der Waals surface area contributed by atoms with E-state index in [9.17, 15) is 0 Å². The van der Waals surface area contributed by atoms with E-state index in [1.54, 1.807) is 6.20 Å². The third-order valence-corrected chi connectivity index (χ3v) is 2.84. The lowest BCUT2D eigenvalue weighted by Gasteiger charge is -2.00. The molecule has 0 bridgehead atoms. The number of nitrogens with two attached hydrogens (primary N) is 1. The fourth-order valence-electron chi connectivity index (χ4n) is 2.01. The lowest BCUT2D eigenvalue weighted by atomic mass is 10.1. The van der Waals surface area contributed by atoms with Crippen molar-refractivity contribution in [2.75, 3.05) is 0 Å². The van der Waals surface area contributed by atoms with Crippen LogP contribution in [0, 0.1) is 0 Å². The molecule has 1 atom stereocenters. The fraction of sp³-hybridized carbons (Fsp3) is 0.214. The van der Waals surface area contributed by atoms with E-state index in [1.807, 2.05) is 37.3 Å². The summed E-state index contributed by atoms with van der Waals surface area (Å²) in [6.45, 7) is 1.91. The average molecular weight is 254 g/mol. The predicted octanol–water partition coefficient (Wildman–Crippen LogP) is 2.17. The van der Waals surface area contributed by atoms with Crippen LogP contribution in [0.2, 0.25) is 0 Å². The quantitative estimate of drug-likeness (QED) is 0.775. The first kappa shape index (κ1) is 11.8. The summed E-state index contributed by atoms with van der Waals surface area (Å²) in [4.78, 5) is 8.75. The Hall–Kier alpha value is -2.27. The second kappa shape index (κ2) is 4.78. The molecule has 0 amide bonds. The van der Waals surface area contributed by atoms with E-state index in [0.29, 0.717) is 18.1 Å². The molecule has 0 saturated carbocycles. The van der Waals surface area contributed by atoms with Crippen molar-refractivity contribution in [2.45, 2.75) is 19.4 Å². The highest BCUT2D eigenvalue weighted by Crippen LogP contribution is 2.25. The molecular weight excluding hydrogens is 240 g/mol. The highest BCUT2D eigenvalue weighted by Gasteiger charge is 2.13. The van der Waals surface area contributed by atoms with Gasteiger partial charge in [0.25, 0.3) is 5.89 Å². The minimum atomic E-state index is 0.0103. The summed E-state index contributed by atoms with van der Waals surface area (Å²) in [7, 11) is 0. The molecule has 0 saturated heterocycles. The van der Waals surface area contributed by atoms with Crippen LogP contribution >= 0.6 is 0 Å². The van der Waals surface area contributed by atoms with Crippen molar-refractivity contribution in [3.05, 3.63) is 42.4 Å². The molecular formula is C14H14N4O. The highest BCUT2D eigenvalue weighted by molar-refractivity contribution is 5.91. The standard InChI is InChI=1S/C14H14N4O/c1-9(15)8-12-17-14(19-18-12)11-6-2-4-10-5-3-7-16-13(10)11/h2-7,9H,8,15H2,1H3. The molecule has 96 valence electrons. The molecule has 3 rings (SSSR count). The van der Waals surface area contributed by atoms with Gasteiger partial charge in [-0.3, -0.25) is 4.98 Å². The molecule has 5 heteroatoms. The van der Waals surface area contributed by atoms with Crippen LogP contribution in [0.5, 0.6) is 0 Å². The van der Waals surface area contributed by atoms with E-state index in [0.717, 1.165) is 16.5 Å². The van der Waals surface area contributed by atoms with Gasteiger partial charge in [0.05, 0.1) is 11.1 Å². The number of hydrogen-bond acceptors (Lipinski definition) is 5. The number of fused-ring (bicyclic) bond motifs is 1. The summed E-state index contributed by atoms with van der Waals surface area (Å²) in [5.41, 5.74) is 7.44. The molecule has 19 heavy (non-hydrogen) atoms. The van der Waals surface area contributed by atoms with Gasteiger partial charge in [-0.2, -0.15) is 4.98 Å². The molecule has 0 aliphatic carbocycles. The van der Waals surface area contributed by atoms with Crippen LogP contribution in [0.4, 0.5) is 0 Å². The normalized spacial score (nSPS) is 12.7. The predicted molar refractivity (Wildman–Crippen MR) is 72.4 cm³/mol. The van der Waals surface area contributed by atoms with Gasteiger partial charge in [-0.1, -0.05) is 23.4 Å². The third-order valence-electron chi connectivity index (χ3n) is 2.84. The summed E-state index contributed by atoms with van der Waals surface area (Å²) in [5.74, 6) is 1.11. The third kappa shape index (κ3) is 2.32. The van der Waals surface area contributed by atoms with Crippen LogP contribution < -0.4 is 5.73 Å². The molecule has 2 aromatic heterocycles. The summed E-state index contributed by atoms with van der Waals surface area (Å²) in [6, 6.07) is 9.81. The molecule has 1 unspecified atom stereocenters. The van der Waals surface area contributed by atoms with Crippen LogP contribution in [0.1, 0.15) is 12.7 Å². The Bertz CT molecular complexity index is 700. The van der Waals surface area contributed by atoms with Gasteiger partial charge in [0, 0.05) is 24.0 Å². The van der Waals surface area contributed by atoms with E-state index >= 15 is 0 Å². The lowest BCUT2D eigenvalue weighted by Crippen LogP contribution is -2.18. The Morgan fingerprint density at radius 2 is 2.11 bits per heavy atom. The Morgan fingerprint density at radius 3 is 2.95 bits per heavy atom. The number of pyridine rings is 1. The first-order valence-corrected chi connectivity index (χ1v) is 6.16. The summed E-state index contributed by atoms with van der Waals surface area (Å²) >= 11 is 0. The first-order chi connectivity index (χ1) is 9.24. The van der Waals surface area contributed by atoms with Gasteiger partial charge in [-0.15, -0.1) is 0 Å². The van der Waals surface area contributed by atoms with E-state index < -0.39 is 0 Å². The van der Waals surface area contributed by atoms with Crippen LogP contribution in [0.3, 0.4) is 0 Å². The highest BCUT2D eigenvalue weighted by atomic mass is 16.5. The van der Waals surface area contributed by atoms with Gasteiger partial charge >= 0.3 is 0 Å². The Balaban J connectivity index is 2.06. The number of nitrogens with zero attached hydrogens (tertiary/aromatic N) is 3. The largest absolute Gasteiger partial charge is 0.334 e. The minimum Gasteiger partial charge on any atom is -0.334 e. The zero-order valence-electron chi connectivity index (χ0n) is 10.6. The molecule has 0 aliphatic rings. The van der Waals surface area contributed by atoms with Crippen LogP contribution in [-0.2, 0) is 6.42 Å². The van der Waals surface area contributed by atoms with Gasteiger partial charge in [-0.05, 0) is 19.1 Å². The zero-order valence-corrected chi connectivity index (χ0v) is 10.6. The minimum absolute atomic E-state index is 0.0103.